The van der Waals surface area contributed by atoms with E-state index >= 15 is 0 Å². The minimum atomic E-state index is 0.319. The van der Waals surface area contributed by atoms with Gasteiger partial charge in [0.1, 0.15) is 5.75 Å². The number of methoxy groups -OCH3 is 7. The van der Waals surface area contributed by atoms with Gasteiger partial charge in [-0.15, -0.1) is 0 Å². The molecule has 1 aliphatic heterocycles. The second-order valence-electron chi connectivity index (χ2n) is 12.8. The predicted octanol–water partition coefficient (Wildman–Crippen LogP) is 7.54. The third-order valence-electron chi connectivity index (χ3n) is 9.72. The van der Waals surface area contributed by atoms with Crippen molar-refractivity contribution < 1.29 is 33.2 Å². The molecule has 2 aromatic heterocycles. The Kier molecular flexibility index (Phi) is 12.1. The number of nitrogens with zero attached hydrogens (tertiary/aromatic N) is 4. The Bertz CT molecular complexity index is 1950. The van der Waals surface area contributed by atoms with Gasteiger partial charge in [-0.3, -0.25) is 14.9 Å². The maximum atomic E-state index is 5.64. The normalized spacial score (nSPS) is 13.3. The third-order valence-corrected chi connectivity index (χ3v) is 9.72. The maximum absolute atomic E-state index is 5.64. The van der Waals surface area contributed by atoms with Gasteiger partial charge in [0, 0.05) is 73.7 Å². The number of pyridine rings is 2. The summed E-state index contributed by atoms with van der Waals surface area (Å²) in [5, 5.41) is 0. The Morgan fingerprint density at radius 2 is 1.25 bits per heavy atom. The fourth-order valence-corrected chi connectivity index (χ4v) is 7.00. The van der Waals surface area contributed by atoms with Crippen molar-refractivity contribution in [2.45, 2.75) is 32.0 Å². The lowest BCUT2D eigenvalue weighted by molar-refractivity contribution is 0.200. The molecule has 5 aromatic rings. The van der Waals surface area contributed by atoms with Crippen LogP contribution < -0.4 is 38.1 Å². The van der Waals surface area contributed by atoms with Gasteiger partial charge in [-0.2, -0.15) is 0 Å². The number of likely N-dealkylation sites (tertiary alicyclic amines) is 1. The van der Waals surface area contributed by atoms with Crippen LogP contribution in [0, 0.1) is 0 Å². The zero-order chi connectivity index (χ0) is 37.3. The predicted molar refractivity (Wildman–Crippen MR) is 206 cm³/mol. The highest BCUT2D eigenvalue weighted by Crippen LogP contribution is 2.42. The lowest BCUT2D eigenvalue weighted by atomic mass is 9.99. The van der Waals surface area contributed by atoms with Gasteiger partial charge in [0.05, 0.1) is 55.5 Å². The fourth-order valence-electron chi connectivity index (χ4n) is 7.00. The molecule has 0 radical (unpaired) electrons. The van der Waals surface area contributed by atoms with E-state index in [0.717, 1.165) is 77.4 Å². The molecular weight excluding hydrogens is 672 g/mol. The summed E-state index contributed by atoms with van der Waals surface area (Å²) in [6.45, 7) is 3.41. The summed E-state index contributed by atoms with van der Waals surface area (Å²) >= 11 is 0. The van der Waals surface area contributed by atoms with Crippen LogP contribution in [0.2, 0.25) is 0 Å². The maximum Gasteiger partial charge on any atom is 0.203 e. The number of aromatic nitrogens is 2. The summed E-state index contributed by atoms with van der Waals surface area (Å²) in [5.41, 5.74) is 7.06. The summed E-state index contributed by atoms with van der Waals surface area (Å²) in [6.07, 6.45) is 7.68. The Morgan fingerprint density at radius 3 is 1.83 bits per heavy atom. The van der Waals surface area contributed by atoms with E-state index in [9.17, 15) is 0 Å². The Balaban J connectivity index is 1.20. The van der Waals surface area contributed by atoms with Crippen molar-refractivity contribution in [1.82, 2.24) is 14.9 Å². The second kappa shape index (κ2) is 17.2. The van der Waals surface area contributed by atoms with Crippen LogP contribution in [0.25, 0.3) is 22.4 Å². The van der Waals surface area contributed by atoms with Gasteiger partial charge in [0.2, 0.25) is 11.5 Å². The molecule has 0 spiro atoms. The number of rotatable bonds is 15. The van der Waals surface area contributed by atoms with E-state index in [1.165, 1.54) is 0 Å². The molecule has 1 aliphatic rings. The number of hydrogen-bond donors (Lipinski definition) is 0. The molecule has 1 fully saturated rings. The van der Waals surface area contributed by atoms with E-state index in [2.05, 4.69) is 51.2 Å². The standard InChI is InChI=1S/C42H48N4O7/c1-47-35-10-8-9-34(23-35)46(27-28-11-14-44-36(18-28)31-21-39(50-4)42(53-7)40(22-31)51-5)33-12-15-45(16-13-33)26-29-17-32(25-43-24-29)30-19-37(48-2)41(52-6)38(20-30)49-3/h8-11,14,17-25,33H,12-13,15-16,26-27H2,1-7H3. The first kappa shape index (κ1) is 37.1. The molecule has 0 atom stereocenters. The van der Waals surface area contributed by atoms with E-state index in [1.807, 2.05) is 48.9 Å². The van der Waals surface area contributed by atoms with Gasteiger partial charge in [0.25, 0.3) is 0 Å². The van der Waals surface area contributed by atoms with Crippen molar-refractivity contribution in [2.75, 3.05) is 67.8 Å². The molecule has 278 valence electrons. The average Bonchev–Trinajstić information content (AvgIpc) is 3.22. The van der Waals surface area contributed by atoms with Crippen molar-refractivity contribution in [3.8, 4) is 62.6 Å². The fraction of sp³-hybridized carbons (Fsp3) is 0.333. The lowest BCUT2D eigenvalue weighted by Crippen LogP contribution is -2.44. The number of ether oxygens (including phenoxy) is 7. The Labute approximate surface area is 312 Å². The lowest BCUT2D eigenvalue weighted by Gasteiger charge is -2.40. The van der Waals surface area contributed by atoms with Crippen LogP contribution in [0.4, 0.5) is 5.69 Å². The van der Waals surface area contributed by atoms with Crippen LogP contribution in [0.3, 0.4) is 0 Å². The minimum Gasteiger partial charge on any atom is -0.497 e. The number of piperidine rings is 1. The molecule has 0 aliphatic carbocycles. The van der Waals surface area contributed by atoms with Crippen LogP contribution in [-0.4, -0.2) is 83.8 Å². The zero-order valence-electron chi connectivity index (χ0n) is 31.5. The molecule has 0 saturated carbocycles. The first-order valence-corrected chi connectivity index (χ1v) is 17.5. The molecule has 11 heteroatoms. The van der Waals surface area contributed by atoms with Crippen LogP contribution in [-0.2, 0) is 13.1 Å². The first-order valence-electron chi connectivity index (χ1n) is 17.5. The SMILES string of the molecule is COc1cccc(N(Cc2ccnc(-c3cc(OC)c(OC)c(OC)c3)c2)C2CCN(Cc3cncc(-c4cc(OC)c(OC)c(OC)c4)c3)CC2)c1. The van der Waals surface area contributed by atoms with Gasteiger partial charge in [-0.1, -0.05) is 6.07 Å². The van der Waals surface area contributed by atoms with E-state index in [1.54, 1.807) is 49.8 Å². The van der Waals surface area contributed by atoms with Gasteiger partial charge in [0.15, 0.2) is 23.0 Å². The molecule has 0 unspecified atom stereocenters. The Morgan fingerprint density at radius 1 is 0.623 bits per heavy atom. The highest BCUT2D eigenvalue weighted by Gasteiger charge is 2.26. The van der Waals surface area contributed by atoms with Gasteiger partial charge in [-0.05, 0) is 84.1 Å². The second-order valence-corrected chi connectivity index (χ2v) is 12.8. The summed E-state index contributed by atoms with van der Waals surface area (Å²) in [6, 6.07) is 22.8. The summed E-state index contributed by atoms with van der Waals surface area (Å²) in [5.74, 6) is 4.34. The van der Waals surface area contributed by atoms with Crippen molar-refractivity contribution in [1.29, 1.82) is 0 Å². The van der Waals surface area contributed by atoms with Crippen LogP contribution in [0.1, 0.15) is 24.0 Å². The van der Waals surface area contributed by atoms with E-state index in [-0.39, 0.29) is 0 Å². The summed E-state index contributed by atoms with van der Waals surface area (Å²) < 4.78 is 39.1. The highest BCUT2D eigenvalue weighted by molar-refractivity contribution is 5.71. The van der Waals surface area contributed by atoms with E-state index in [4.69, 9.17) is 38.1 Å². The smallest absolute Gasteiger partial charge is 0.203 e. The quantitative estimate of drug-likeness (QED) is 0.107. The molecule has 3 heterocycles. The highest BCUT2D eigenvalue weighted by atomic mass is 16.5. The molecule has 6 rings (SSSR count). The molecule has 53 heavy (non-hydrogen) atoms. The summed E-state index contributed by atoms with van der Waals surface area (Å²) in [4.78, 5) is 14.3. The van der Waals surface area contributed by atoms with E-state index in [0.29, 0.717) is 47.1 Å². The van der Waals surface area contributed by atoms with Crippen LogP contribution in [0.15, 0.2) is 85.3 Å². The van der Waals surface area contributed by atoms with Crippen LogP contribution in [0.5, 0.6) is 40.2 Å². The van der Waals surface area contributed by atoms with Gasteiger partial charge >= 0.3 is 0 Å². The topological polar surface area (TPSA) is 96.9 Å². The molecule has 0 amide bonds. The number of benzene rings is 3. The first-order chi connectivity index (χ1) is 25.9. The van der Waals surface area contributed by atoms with Crippen molar-refractivity contribution in [2.24, 2.45) is 0 Å². The van der Waals surface area contributed by atoms with E-state index < -0.39 is 0 Å². The molecule has 0 bridgehead atoms. The molecule has 0 N–H and O–H groups in total. The monoisotopic (exact) mass is 720 g/mol. The summed E-state index contributed by atoms with van der Waals surface area (Å²) in [7, 11) is 11.4. The molecule has 11 nitrogen and oxygen atoms in total. The van der Waals surface area contributed by atoms with Crippen molar-refractivity contribution >= 4 is 5.69 Å². The zero-order valence-corrected chi connectivity index (χ0v) is 31.5. The molecule has 1 saturated heterocycles. The van der Waals surface area contributed by atoms with Crippen molar-refractivity contribution in [3.05, 3.63) is 96.4 Å². The average molecular weight is 721 g/mol. The third kappa shape index (κ3) is 8.36. The van der Waals surface area contributed by atoms with Gasteiger partial charge < -0.3 is 38.1 Å². The Hall–Kier alpha value is -5.68. The molecule has 3 aromatic carbocycles. The number of anilines is 1. The number of hydrogen-bond acceptors (Lipinski definition) is 11. The van der Waals surface area contributed by atoms with Crippen molar-refractivity contribution in [3.63, 3.8) is 0 Å². The van der Waals surface area contributed by atoms with Gasteiger partial charge in [-0.25, -0.2) is 0 Å². The van der Waals surface area contributed by atoms with Crippen LogP contribution >= 0.6 is 0 Å². The largest absolute Gasteiger partial charge is 0.497 e. The molecular formula is C42H48N4O7. The minimum absolute atomic E-state index is 0.319.